The van der Waals surface area contributed by atoms with Gasteiger partial charge in [0.05, 0.1) is 6.07 Å². The molecular weight excluding hydrogens is 289 g/mol. The SMILES string of the molecule is Cc1cccc(C)c1C(=O)C(C#N)c1c(F)cccc1Cl. The lowest BCUT2D eigenvalue weighted by atomic mass is 9.87. The summed E-state index contributed by atoms with van der Waals surface area (Å²) in [6, 6.07) is 11.4. The van der Waals surface area contributed by atoms with Crippen molar-refractivity contribution in [1.29, 1.82) is 5.26 Å². The van der Waals surface area contributed by atoms with Gasteiger partial charge in [0.1, 0.15) is 11.7 Å². The number of aryl methyl sites for hydroxylation is 2. The fourth-order valence-corrected chi connectivity index (χ4v) is 2.66. The third-order valence-corrected chi connectivity index (χ3v) is 3.74. The first kappa shape index (κ1) is 15.2. The van der Waals surface area contributed by atoms with E-state index in [1.165, 1.54) is 18.2 Å². The summed E-state index contributed by atoms with van der Waals surface area (Å²) in [5.74, 6) is -2.33. The molecule has 1 atom stereocenters. The summed E-state index contributed by atoms with van der Waals surface area (Å²) >= 11 is 5.97. The predicted octanol–water partition coefficient (Wildman–Crippen LogP) is 4.59. The largest absolute Gasteiger partial charge is 0.292 e. The van der Waals surface area contributed by atoms with Gasteiger partial charge in [-0.05, 0) is 37.1 Å². The van der Waals surface area contributed by atoms with Crippen molar-refractivity contribution < 1.29 is 9.18 Å². The minimum absolute atomic E-state index is 0.0608. The highest BCUT2D eigenvalue weighted by Crippen LogP contribution is 2.31. The molecule has 0 aliphatic rings. The number of Topliss-reactive ketones (excluding diaryl/α,β-unsaturated/α-hetero) is 1. The molecule has 0 amide bonds. The summed E-state index contributed by atoms with van der Waals surface area (Å²) in [5, 5.41) is 9.43. The van der Waals surface area contributed by atoms with Crippen molar-refractivity contribution >= 4 is 17.4 Å². The van der Waals surface area contributed by atoms with Crippen molar-refractivity contribution in [3.8, 4) is 6.07 Å². The van der Waals surface area contributed by atoms with Crippen molar-refractivity contribution in [2.75, 3.05) is 0 Å². The van der Waals surface area contributed by atoms with Gasteiger partial charge in [-0.3, -0.25) is 4.79 Å². The van der Waals surface area contributed by atoms with Crippen molar-refractivity contribution in [2.24, 2.45) is 0 Å². The number of rotatable bonds is 3. The molecule has 0 aliphatic heterocycles. The van der Waals surface area contributed by atoms with E-state index in [0.717, 1.165) is 11.1 Å². The molecule has 0 saturated heterocycles. The Morgan fingerprint density at radius 2 is 1.76 bits per heavy atom. The molecule has 2 aromatic carbocycles. The molecule has 0 heterocycles. The Labute approximate surface area is 127 Å². The Morgan fingerprint density at radius 1 is 1.19 bits per heavy atom. The number of ketones is 1. The van der Waals surface area contributed by atoms with Crippen molar-refractivity contribution in [2.45, 2.75) is 19.8 Å². The quantitative estimate of drug-likeness (QED) is 0.778. The summed E-state index contributed by atoms with van der Waals surface area (Å²) in [7, 11) is 0. The number of carbonyl (C=O) groups is 1. The van der Waals surface area contributed by atoms with Crippen LogP contribution in [0.5, 0.6) is 0 Å². The minimum Gasteiger partial charge on any atom is -0.292 e. The Bertz CT molecular complexity index is 708. The van der Waals surface area contributed by atoms with E-state index >= 15 is 0 Å². The number of benzene rings is 2. The zero-order chi connectivity index (χ0) is 15.6. The van der Waals surface area contributed by atoms with Crippen LogP contribution in [0.4, 0.5) is 4.39 Å². The van der Waals surface area contributed by atoms with Crippen LogP contribution in [0.25, 0.3) is 0 Å². The molecule has 21 heavy (non-hydrogen) atoms. The van der Waals surface area contributed by atoms with Crippen LogP contribution in [-0.4, -0.2) is 5.78 Å². The second-order valence-corrected chi connectivity index (χ2v) is 5.24. The second kappa shape index (κ2) is 6.07. The third kappa shape index (κ3) is 2.81. The van der Waals surface area contributed by atoms with Gasteiger partial charge in [0, 0.05) is 16.1 Å². The van der Waals surface area contributed by atoms with E-state index in [9.17, 15) is 14.4 Å². The number of nitriles is 1. The van der Waals surface area contributed by atoms with Crippen molar-refractivity contribution in [3.05, 3.63) is 69.5 Å². The maximum atomic E-state index is 14.0. The van der Waals surface area contributed by atoms with Gasteiger partial charge in [-0.25, -0.2) is 4.39 Å². The highest BCUT2D eigenvalue weighted by molar-refractivity contribution is 6.32. The van der Waals surface area contributed by atoms with Crippen LogP contribution in [0.3, 0.4) is 0 Å². The first-order valence-corrected chi connectivity index (χ1v) is 6.79. The molecule has 4 heteroatoms. The maximum absolute atomic E-state index is 14.0. The van der Waals surface area contributed by atoms with Crippen LogP contribution in [0.1, 0.15) is 33.0 Å². The molecule has 106 valence electrons. The Morgan fingerprint density at radius 3 is 2.29 bits per heavy atom. The van der Waals surface area contributed by atoms with Crippen LogP contribution in [-0.2, 0) is 0 Å². The molecule has 0 saturated carbocycles. The summed E-state index contributed by atoms with van der Waals surface area (Å²) in [5.41, 5.74) is 1.90. The molecule has 0 fully saturated rings. The topological polar surface area (TPSA) is 40.9 Å². The van der Waals surface area contributed by atoms with E-state index in [4.69, 9.17) is 11.6 Å². The molecule has 2 aromatic rings. The lowest BCUT2D eigenvalue weighted by Gasteiger charge is -2.14. The average molecular weight is 302 g/mol. The number of hydrogen-bond acceptors (Lipinski definition) is 2. The fraction of sp³-hybridized carbons (Fsp3) is 0.176. The summed E-state index contributed by atoms with van der Waals surface area (Å²) in [6.07, 6.45) is 0. The van der Waals surface area contributed by atoms with Crippen molar-refractivity contribution in [3.63, 3.8) is 0 Å². The van der Waals surface area contributed by atoms with Gasteiger partial charge < -0.3 is 0 Å². The summed E-state index contributed by atoms with van der Waals surface area (Å²) < 4.78 is 14.0. The zero-order valence-electron chi connectivity index (χ0n) is 11.7. The van der Waals surface area contributed by atoms with Gasteiger partial charge in [-0.2, -0.15) is 5.26 Å². The standard InChI is InChI=1S/C17H13ClFNO/c1-10-5-3-6-11(2)15(10)17(21)12(9-20)16-13(18)7-4-8-14(16)19/h3-8,12H,1-2H3. The highest BCUT2D eigenvalue weighted by Gasteiger charge is 2.28. The minimum atomic E-state index is -1.25. The van der Waals surface area contributed by atoms with Crippen LogP contribution in [0.15, 0.2) is 36.4 Å². The molecule has 1 unspecified atom stereocenters. The number of carbonyl (C=O) groups excluding carboxylic acids is 1. The van der Waals surface area contributed by atoms with Crippen molar-refractivity contribution in [1.82, 2.24) is 0 Å². The van der Waals surface area contributed by atoms with Gasteiger partial charge in [0.15, 0.2) is 5.78 Å². The molecule has 0 aromatic heterocycles. The molecule has 0 aliphatic carbocycles. The van der Waals surface area contributed by atoms with Gasteiger partial charge >= 0.3 is 0 Å². The van der Waals surface area contributed by atoms with E-state index in [2.05, 4.69) is 0 Å². The van der Waals surface area contributed by atoms with E-state index in [1.54, 1.807) is 26.0 Å². The zero-order valence-corrected chi connectivity index (χ0v) is 12.4. The van der Waals surface area contributed by atoms with E-state index < -0.39 is 17.5 Å². The predicted molar refractivity (Wildman–Crippen MR) is 80.0 cm³/mol. The van der Waals surface area contributed by atoms with Crippen LogP contribution in [0, 0.1) is 31.0 Å². The summed E-state index contributed by atoms with van der Waals surface area (Å²) in [4.78, 5) is 12.7. The Balaban J connectivity index is 2.58. The molecule has 0 spiro atoms. The lowest BCUT2D eigenvalue weighted by molar-refractivity contribution is 0.0976. The fourth-order valence-electron chi connectivity index (χ4n) is 2.39. The third-order valence-electron chi connectivity index (χ3n) is 3.41. The van der Waals surface area contributed by atoms with E-state index in [-0.39, 0.29) is 10.6 Å². The normalized spacial score (nSPS) is 11.8. The molecular formula is C17H13ClFNO. The molecule has 2 rings (SSSR count). The number of nitrogens with zero attached hydrogens (tertiary/aromatic N) is 1. The van der Waals surface area contributed by atoms with E-state index in [0.29, 0.717) is 5.56 Å². The molecule has 0 N–H and O–H groups in total. The van der Waals surface area contributed by atoms with Crippen LogP contribution < -0.4 is 0 Å². The summed E-state index contributed by atoms with van der Waals surface area (Å²) in [6.45, 7) is 3.58. The van der Waals surface area contributed by atoms with Gasteiger partial charge in [0.2, 0.25) is 0 Å². The molecule has 0 bridgehead atoms. The van der Waals surface area contributed by atoms with E-state index in [1.807, 2.05) is 12.1 Å². The van der Waals surface area contributed by atoms with Crippen LogP contribution in [0.2, 0.25) is 5.02 Å². The van der Waals surface area contributed by atoms with Crippen LogP contribution >= 0.6 is 11.6 Å². The van der Waals surface area contributed by atoms with Gasteiger partial charge in [0.25, 0.3) is 0 Å². The Kier molecular flexibility index (Phi) is 4.40. The molecule has 0 radical (unpaired) electrons. The first-order chi connectivity index (χ1) is 9.97. The smallest absolute Gasteiger partial charge is 0.185 e. The highest BCUT2D eigenvalue weighted by atomic mass is 35.5. The number of hydrogen-bond donors (Lipinski definition) is 0. The first-order valence-electron chi connectivity index (χ1n) is 6.41. The number of halogens is 2. The maximum Gasteiger partial charge on any atom is 0.185 e. The monoisotopic (exact) mass is 301 g/mol. The molecule has 2 nitrogen and oxygen atoms in total. The lowest BCUT2D eigenvalue weighted by Crippen LogP contribution is -2.16. The second-order valence-electron chi connectivity index (χ2n) is 4.83. The Hall–Kier alpha value is -2.18. The van der Waals surface area contributed by atoms with Gasteiger partial charge in [-0.15, -0.1) is 0 Å². The average Bonchev–Trinajstić information content (AvgIpc) is 2.42. The van der Waals surface area contributed by atoms with Gasteiger partial charge in [-0.1, -0.05) is 35.9 Å².